The molecule has 4 rings (SSSR count). The van der Waals surface area contributed by atoms with E-state index in [1.807, 2.05) is 12.1 Å². The number of hydrogen-bond acceptors (Lipinski definition) is 6. The van der Waals surface area contributed by atoms with E-state index in [1.54, 1.807) is 17.5 Å². The summed E-state index contributed by atoms with van der Waals surface area (Å²) in [6.07, 6.45) is 0.705. The topological polar surface area (TPSA) is 68.7 Å². The maximum Gasteiger partial charge on any atom is 0.270 e. The molecule has 6 nitrogen and oxygen atoms in total. The van der Waals surface area contributed by atoms with Crippen LogP contribution in [0.1, 0.15) is 16.1 Å². The van der Waals surface area contributed by atoms with Crippen molar-refractivity contribution in [2.45, 2.75) is 6.42 Å². The van der Waals surface area contributed by atoms with Gasteiger partial charge in [0.25, 0.3) is 5.91 Å². The summed E-state index contributed by atoms with van der Waals surface area (Å²) in [5.41, 5.74) is 3.77. The molecule has 0 radical (unpaired) electrons. The van der Waals surface area contributed by atoms with Crippen LogP contribution < -0.4 is 10.2 Å². The Hall–Kier alpha value is -2.90. The summed E-state index contributed by atoms with van der Waals surface area (Å²) in [5.74, 6) is 0.0830. The second-order valence-corrected chi connectivity index (χ2v) is 8.41. The lowest BCUT2D eigenvalue weighted by molar-refractivity contribution is 0.0950. The van der Waals surface area contributed by atoms with E-state index >= 15 is 0 Å². The maximum atomic E-state index is 12.4. The smallest absolute Gasteiger partial charge is 0.270 e. The Kier molecular flexibility index (Phi) is 6.30. The van der Waals surface area contributed by atoms with Crippen molar-refractivity contribution in [1.29, 1.82) is 0 Å². The number of nitrogens with zero attached hydrogens (tertiary/aromatic N) is 3. The van der Waals surface area contributed by atoms with Crippen LogP contribution >= 0.6 is 11.3 Å². The lowest BCUT2D eigenvalue weighted by atomic mass is 10.1. The number of amides is 1. The molecule has 30 heavy (non-hydrogen) atoms. The molecule has 0 saturated carbocycles. The largest absolute Gasteiger partial charge is 0.508 e. The highest BCUT2D eigenvalue weighted by Gasteiger charge is 2.15. The minimum Gasteiger partial charge on any atom is -0.508 e. The minimum absolute atomic E-state index is 0.162. The first kappa shape index (κ1) is 20.4. The van der Waals surface area contributed by atoms with E-state index in [1.165, 1.54) is 17.0 Å². The van der Waals surface area contributed by atoms with Crippen LogP contribution in [-0.4, -0.2) is 60.7 Å². The van der Waals surface area contributed by atoms with Gasteiger partial charge in [0.05, 0.1) is 0 Å². The molecule has 0 atom stereocenters. The van der Waals surface area contributed by atoms with Crippen LogP contribution in [0.3, 0.4) is 0 Å². The zero-order valence-electron chi connectivity index (χ0n) is 17.0. The van der Waals surface area contributed by atoms with Crippen LogP contribution in [-0.2, 0) is 6.42 Å². The molecule has 2 heterocycles. The third-order valence-electron chi connectivity index (χ3n) is 5.36. The molecule has 7 heteroatoms. The Balaban J connectivity index is 1.32. The summed E-state index contributed by atoms with van der Waals surface area (Å²) < 4.78 is 0. The first-order valence-electron chi connectivity index (χ1n) is 10.1. The van der Waals surface area contributed by atoms with E-state index < -0.39 is 0 Å². The number of hydrogen-bond donors (Lipinski definition) is 2. The molecular formula is C23H26N4O2S. The van der Waals surface area contributed by atoms with E-state index in [9.17, 15) is 9.90 Å². The molecule has 1 aromatic heterocycles. The average Bonchev–Trinajstić information content (AvgIpc) is 3.26. The number of carbonyl (C=O) groups is 1. The van der Waals surface area contributed by atoms with Crippen LogP contribution in [0.5, 0.6) is 5.75 Å². The molecule has 2 aromatic carbocycles. The highest BCUT2D eigenvalue weighted by molar-refractivity contribution is 7.13. The second kappa shape index (κ2) is 9.28. The predicted molar refractivity (Wildman–Crippen MR) is 121 cm³/mol. The number of likely N-dealkylation sites (N-methyl/N-ethyl adjacent to an activating group) is 1. The van der Waals surface area contributed by atoms with Gasteiger partial charge in [-0.15, -0.1) is 11.3 Å². The van der Waals surface area contributed by atoms with Crippen molar-refractivity contribution in [1.82, 2.24) is 15.2 Å². The number of aromatic hydroxyl groups is 1. The number of carbonyl (C=O) groups excluding carboxylic acids is 1. The van der Waals surface area contributed by atoms with Crippen molar-refractivity contribution in [3.8, 4) is 16.3 Å². The van der Waals surface area contributed by atoms with E-state index in [4.69, 9.17) is 0 Å². The SMILES string of the molecule is CN1CCN(c2ccc(-c3nc(C(=O)NCCc4ccc(O)cc4)cs3)cc2)CC1. The number of rotatable bonds is 6. The van der Waals surface area contributed by atoms with Gasteiger partial charge in [0.1, 0.15) is 16.5 Å². The van der Waals surface area contributed by atoms with Crippen molar-refractivity contribution < 1.29 is 9.90 Å². The van der Waals surface area contributed by atoms with Crippen molar-refractivity contribution in [2.75, 3.05) is 44.7 Å². The fourth-order valence-electron chi connectivity index (χ4n) is 3.46. The van der Waals surface area contributed by atoms with Crippen molar-refractivity contribution in [2.24, 2.45) is 0 Å². The first-order valence-corrected chi connectivity index (χ1v) is 11.0. The van der Waals surface area contributed by atoms with Gasteiger partial charge in [-0.1, -0.05) is 12.1 Å². The van der Waals surface area contributed by atoms with E-state index in [-0.39, 0.29) is 11.7 Å². The van der Waals surface area contributed by atoms with Gasteiger partial charge in [0.2, 0.25) is 0 Å². The summed E-state index contributed by atoms with van der Waals surface area (Å²) in [6.45, 7) is 4.78. The molecule has 0 unspecified atom stereocenters. The summed E-state index contributed by atoms with van der Waals surface area (Å²) in [4.78, 5) is 21.7. The summed E-state index contributed by atoms with van der Waals surface area (Å²) >= 11 is 1.48. The van der Waals surface area contributed by atoms with Crippen LogP contribution in [0.15, 0.2) is 53.9 Å². The molecule has 0 aliphatic carbocycles. The number of benzene rings is 2. The van der Waals surface area contributed by atoms with Crippen LogP contribution in [0.25, 0.3) is 10.6 Å². The highest BCUT2D eigenvalue weighted by Crippen LogP contribution is 2.26. The molecule has 3 aromatic rings. The van der Waals surface area contributed by atoms with Gasteiger partial charge < -0.3 is 20.2 Å². The van der Waals surface area contributed by atoms with Gasteiger partial charge >= 0.3 is 0 Å². The fourth-order valence-corrected chi connectivity index (χ4v) is 4.27. The molecule has 1 aliphatic rings. The Bertz CT molecular complexity index is 977. The summed E-state index contributed by atoms with van der Waals surface area (Å²) in [5, 5.41) is 14.9. The molecule has 156 valence electrons. The Labute approximate surface area is 180 Å². The van der Waals surface area contributed by atoms with Gasteiger partial charge in [-0.05, 0) is 55.4 Å². The van der Waals surface area contributed by atoms with Crippen molar-refractivity contribution >= 4 is 22.9 Å². The molecule has 1 amide bonds. The molecule has 2 N–H and O–H groups in total. The summed E-state index contributed by atoms with van der Waals surface area (Å²) in [6, 6.07) is 15.5. The number of thiazole rings is 1. The number of piperazine rings is 1. The lowest BCUT2D eigenvalue weighted by Crippen LogP contribution is -2.44. The lowest BCUT2D eigenvalue weighted by Gasteiger charge is -2.34. The zero-order valence-corrected chi connectivity index (χ0v) is 17.9. The molecule has 1 aliphatic heterocycles. The Morgan fingerprint density at radius 2 is 1.77 bits per heavy atom. The molecule has 0 spiro atoms. The zero-order chi connectivity index (χ0) is 20.9. The third kappa shape index (κ3) is 4.98. The van der Waals surface area contributed by atoms with Crippen LogP contribution in [0.2, 0.25) is 0 Å². The number of phenolic OH excluding ortho intramolecular Hbond substituents is 1. The van der Waals surface area contributed by atoms with E-state index in [0.717, 1.165) is 42.3 Å². The third-order valence-corrected chi connectivity index (χ3v) is 6.25. The minimum atomic E-state index is -0.162. The van der Waals surface area contributed by atoms with Gasteiger partial charge in [-0.2, -0.15) is 0 Å². The quantitative estimate of drug-likeness (QED) is 0.638. The van der Waals surface area contributed by atoms with Crippen molar-refractivity contribution in [3.05, 3.63) is 65.2 Å². The summed E-state index contributed by atoms with van der Waals surface area (Å²) in [7, 11) is 2.16. The van der Waals surface area contributed by atoms with Gasteiger partial charge in [0, 0.05) is 49.4 Å². The molecule has 0 bridgehead atoms. The van der Waals surface area contributed by atoms with Gasteiger partial charge in [0.15, 0.2) is 0 Å². The van der Waals surface area contributed by atoms with E-state index in [2.05, 4.69) is 51.4 Å². The highest BCUT2D eigenvalue weighted by atomic mass is 32.1. The predicted octanol–water partition coefficient (Wildman–Crippen LogP) is 3.24. The Morgan fingerprint density at radius 3 is 2.47 bits per heavy atom. The number of phenols is 1. The number of anilines is 1. The average molecular weight is 423 g/mol. The molecule has 1 saturated heterocycles. The maximum absolute atomic E-state index is 12.4. The van der Waals surface area contributed by atoms with E-state index in [0.29, 0.717) is 18.7 Å². The normalized spacial score (nSPS) is 14.6. The number of aromatic nitrogens is 1. The van der Waals surface area contributed by atoms with Gasteiger partial charge in [-0.3, -0.25) is 4.79 Å². The second-order valence-electron chi connectivity index (χ2n) is 7.55. The van der Waals surface area contributed by atoms with Crippen LogP contribution in [0.4, 0.5) is 5.69 Å². The number of nitrogens with one attached hydrogen (secondary N) is 1. The standard InChI is InChI=1S/C23H26N4O2S/c1-26-12-14-27(15-13-26)19-6-4-18(5-7-19)23-25-21(16-30-23)22(29)24-11-10-17-2-8-20(28)9-3-17/h2-9,16,28H,10-15H2,1H3,(H,24,29). The van der Waals surface area contributed by atoms with Crippen molar-refractivity contribution in [3.63, 3.8) is 0 Å². The molecule has 1 fully saturated rings. The fraction of sp³-hybridized carbons (Fsp3) is 0.304. The van der Waals surface area contributed by atoms with Gasteiger partial charge in [-0.25, -0.2) is 4.98 Å². The first-order chi connectivity index (χ1) is 14.6. The monoisotopic (exact) mass is 422 g/mol. The Morgan fingerprint density at radius 1 is 1.07 bits per heavy atom. The molecular weight excluding hydrogens is 396 g/mol. The van der Waals surface area contributed by atoms with Crippen LogP contribution in [0, 0.1) is 0 Å².